The van der Waals surface area contributed by atoms with Gasteiger partial charge in [-0.2, -0.15) is 0 Å². The molecule has 1 aromatic rings. The Kier molecular flexibility index (Phi) is 4.84. The second kappa shape index (κ2) is 6.39. The minimum Gasteiger partial charge on any atom is -0.468 e. The lowest BCUT2D eigenvalue weighted by Gasteiger charge is -2.33. The van der Waals surface area contributed by atoms with Crippen molar-refractivity contribution in [2.24, 2.45) is 5.92 Å². The summed E-state index contributed by atoms with van der Waals surface area (Å²) in [5, 5.41) is 3.49. The largest absolute Gasteiger partial charge is 0.468 e. The lowest BCUT2D eigenvalue weighted by atomic mass is 10.0. The van der Waals surface area contributed by atoms with E-state index in [1.54, 1.807) is 6.26 Å². The van der Waals surface area contributed by atoms with Crippen molar-refractivity contribution in [2.45, 2.75) is 52.2 Å². The van der Waals surface area contributed by atoms with E-state index in [9.17, 15) is 0 Å². The summed E-state index contributed by atoms with van der Waals surface area (Å²) in [6.07, 6.45) is 4.45. The van der Waals surface area contributed by atoms with E-state index in [1.807, 2.05) is 12.1 Å². The molecule has 0 bridgehead atoms. The van der Waals surface area contributed by atoms with Crippen LogP contribution in [0.4, 0.5) is 0 Å². The molecule has 2 unspecified atom stereocenters. The van der Waals surface area contributed by atoms with Crippen LogP contribution >= 0.6 is 0 Å². The van der Waals surface area contributed by atoms with E-state index in [0.717, 1.165) is 30.8 Å². The monoisotopic (exact) mass is 250 g/mol. The van der Waals surface area contributed by atoms with Gasteiger partial charge in [-0.15, -0.1) is 0 Å². The van der Waals surface area contributed by atoms with Crippen LogP contribution in [0, 0.1) is 5.92 Å². The second-order valence-electron chi connectivity index (χ2n) is 5.75. The van der Waals surface area contributed by atoms with Gasteiger partial charge in [0.05, 0.1) is 12.8 Å². The third-order valence-corrected chi connectivity index (χ3v) is 4.00. The van der Waals surface area contributed by atoms with Crippen molar-refractivity contribution < 1.29 is 4.42 Å². The van der Waals surface area contributed by atoms with Crippen molar-refractivity contribution in [1.29, 1.82) is 0 Å². The maximum absolute atomic E-state index is 5.32. The topological polar surface area (TPSA) is 28.4 Å². The van der Waals surface area contributed by atoms with E-state index < -0.39 is 0 Å². The molecule has 0 aromatic carbocycles. The number of nitrogens with zero attached hydrogens (tertiary/aromatic N) is 1. The molecular weight excluding hydrogens is 224 g/mol. The molecule has 1 N–H and O–H groups in total. The minimum atomic E-state index is 0.606. The summed E-state index contributed by atoms with van der Waals surface area (Å²) in [6, 6.07) is 5.33. The zero-order chi connectivity index (χ0) is 13.0. The first-order valence-corrected chi connectivity index (χ1v) is 7.17. The molecular formula is C15H26N2O. The molecule has 2 rings (SSSR count). The van der Waals surface area contributed by atoms with Crippen LogP contribution < -0.4 is 5.32 Å². The molecule has 0 radical (unpaired) electrons. The molecule has 3 heteroatoms. The predicted molar refractivity (Wildman–Crippen MR) is 74.4 cm³/mol. The van der Waals surface area contributed by atoms with Crippen LogP contribution in [0.1, 0.15) is 39.4 Å². The maximum Gasteiger partial charge on any atom is 0.117 e. The van der Waals surface area contributed by atoms with E-state index >= 15 is 0 Å². The highest BCUT2D eigenvalue weighted by Gasteiger charge is 2.29. The molecule has 1 aliphatic rings. The Morgan fingerprint density at radius 1 is 1.44 bits per heavy atom. The van der Waals surface area contributed by atoms with Crippen LogP contribution in [0.5, 0.6) is 0 Å². The van der Waals surface area contributed by atoms with Crippen LogP contribution in [0.25, 0.3) is 0 Å². The SMILES string of the molecule is CC(C)C1CCCN1C(C)CNCc1ccco1. The lowest BCUT2D eigenvalue weighted by molar-refractivity contribution is 0.152. The molecule has 2 heterocycles. The number of likely N-dealkylation sites (tertiary alicyclic amines) is 1. The molecule has 3 nitrogen and oxygen atoms in total. The van der Waals surface area contributed by atoms with Gasteiger partial charge in [-0.1, -0.05) is 13.8 Å². The van der Waals surface area contributed by atoms with Gasteiger partial charge in [0.1, 0.15) is 5.76 Å². The Hall–Kier alpha value is -0.800. The highest BCUT2D eigenvalue weighted by atomic mass is 16.3. The molecule has 1 aromatic heterocycles. The number of hydrogen-bond donors (Lipinski definition) is 1. The third kappa shape index (κ3) is 3.36. The Balaban J connectivity index is 1.75. The molecule has 2 atom stereocenters. The molecule has 102 valence electrons. The van der Waals surface area contributed by atoms with Gasteiger partial charge in [-0.05, 0) is 44.4 Å². The normalized spacial score (nSPS) is 22.8. The summed E-state index contributed by atoms with van der Waals surface area (Å²) in [5.41, 5.74) is 0. The van der Waals surface area contributed by atoms with Gasteiger partial charge in [0, 0.05) is 18.6 Å². The predicted octanol–water partition coefficient (Wildman–Crippen LogP) is 2.88. The average Bonchev–Trinajstić information content (AvgIpc) is 2.99. The van der Waals surface area contributed by atoms with Gasteiger partial charge in [0.2, 0.25) is 0 Å². The zero-order valence-electron chi connectivity index (χ0n) is 11.9. The van der Waals surface area contributed by atoms with E-state index in [2.05, 4.69) is 31.0 Å². The summed E-state index contributed by atoms with van der Waals surface area (Å²) in [5.74, 6) is 1.78. The summed E-state index contributed by atoms with van der Waals surface area (Å²) < 4.78 is 5.32. The lowest BCUT2D eigenvalue weighted by Crippen LogP contribution is -2.44. The summed E-state index contributed by atoms with van der Waals surface area (Å²) in [7, 11) is 0. The fourth-order valence-corrected chi connectivity index (χ4v) is 3.01. The quantitative estimate of drug-likeness (QED) is 0.841. The van der Waals surface area contributed by atoms with E-state index in [0.29, 0.717) is 6.04 Å². The molecule has 0 amide bonds. The van der Waals surface area contributed by atoms with Crippen LogP contribution in [0.3, 0.4) is 0 Å². The molecule has 1 fully saturated rings. The summed E-state index contributed by atoms with van der Waals surface area (Å²) in [4.78, 5) is 2.67. The van der Waals surface area contributed by atoms with Crippen molar-refractivity contribution in [3.05, 3.63) is 24.2 Å². The molecule has 1 saturated heterocycles. The summed E-state index contributed by atoms with van der Waals surface area (Å²) >= 11 is 0. The van der Waals surface area contributed by atoms with Crippen LogP contribution in [-0.2, 0) is 6.54 Å². The van der Waals surface area contributed by atoms with Crippen molar-refractivity contribution in [2.75, 3.05) is 13.1 Å². The standard InChI is InChI=1S/C15H26N2O/c1-12(2)15-7-4-8-17(15)13(3)10-16-11-14-6-5-9-18-14/h5-6,9,12-13,15-16H,4,7-8,10-11H2,1-3H3. The molecule has 1 aliphatic heterocycles. The fourth-order valence-electron chi connectivity index (χ4n) is 3.01. The zero-order valence-corrected chi connectivity index (χ0v) is 11.9. The number of nitrogens with one attached hydrogen (secondary N) is 1. The third-order valence-electron chi connectivity index (χ3n) is 4.00. The maximum atomic E-state index is 5.32. The summed E-state index contributed by atoms with van der Waals surface area (Å²) in [6.45, 7) is 10.1. The van der Waals surface area contributed by atoms with Crippen molar-refractivity contribution >= 4 is 0 Å². The van der Waals surface area contributed by atoms with E-state index in [-0.39, 0.29) is 0 Å². The Labute approximate surface area is 111 Å². The number of hydrogen-bond acceptors (Lipinski definition) is 3. The average molecular weight is 250 g/mol. The smallest absolute Gasteiger partial charge is 0.117 e. The van der Waals surface area contributed by atoms with Crippen LogP contribution in [0.2, 0.25) is 0 Å². The second-order valence-corrected chi connectivity index (χ2v) is 5.75. The van der Waals surface area contributed by atoms with E-state index in [4.69, 9.17) is 4.42 Å². The Morgan fingerprint density at radius 3 is 2.94 bits per heavy atom. The fraction of sp³-hybridized carbons (Fsp3) is 0.733. The first-order valence-electron chi connectivity index (χ1n) is 7.17. The van der Waals surface area contributed by atoms with Gasteiger partial charge >= 0.3 is 0 Å². The molecule has 0 aliphatic carbocycles. The highest BCUT2D eigenvalue weighted by Crippen LogP contribution is 2.25. The van der Waals surface area contributed by atoms with Crippen molar-refractivity contribution in [1.82, 2.24) is 10.2 Å². The van der Waals surface area contributed by atoms with Crippen molar-refractivity contribution in [3.63, 3.8) is 0 Å². The molecule has 18 heavy (non-hydrogen) atoms. The van der Waals surface area contributed by atoms with E-state index in [1.165, 1.54) is 19.4 Å². The Bertz CT molecular complexity index is 334. The minimum absolute atomic E-state index is 0.606. The Morgan fingerprint density at radius 2 is 2.28 bits per heavy atom. The number of rotatable bonds is 6. The first kappa shape index (κ1) is 13.6. The number of furan rings is 1. The van der Waals surface area contributed by atoms with Gasteiger partial charge in [-0.3, -0.25) is 4.90 Å². The molecule has 0 saturated carbocycles. The van der Waals surface area contributed by atoms with Crippen molar-refractivity contribution in [3.8, 4) is 0 Å². The first-order chi connectivity index (χ1) is 8.68. The van der Waals surface area contributed by atoms with Crippen LogP contribution in [0.15, 0.2) is 22.8 Å². The van der Waals surface area contributed by atoms with Gasteiger partial charge in [-0.25, -0.2) is 0 Å². The van der Waals surface area contributed by atoms with Gasteiger partial charge < -0.3 is 9.73 Å². The van der Waals surface area contributed by atoms with Crippen LogP contribution in [-0.4, -0.2) is 30.1 Å². The molecule has 0 spiro atoms. The van der Waals surface area contributed by atoms with Gasteiger partial charge in [0.15, 0.2) is 0 Å². The van der Waals surface area contributed by atoms with Gasteiger partial charge in [0.25, 0.3) is 0 Å². The highest BCUT2D eigenvalue weighted by molar-refractivity contribution is 4.97.